The van der Waals surface area contributed by atoms with Gasteiger partial charge in [0.1, 0.15) is 5.82 Å². The van der Waals surface area contributed by atoms with Gasteiger partial charge in [0.25, 0.3) is 0 Å². The summed E-state index contributed by atoms with van der Waals surface area (Å²) in [7, 11) is 0. The van der Waals surface area contributed by atoms with Gasteiger partial charge in [-0.15, -0.1) is 12.4 Å². The molecule has 1 aromatic rings. The smallest absolute Gasteiger partial charge is 0.142 e. The molecule has 120 valence electrons. The molecule has 3 nitrogen and oxygen atoms in total. The van der Waals surface area contributed by atoms with Gasteiger partial charge in [-0.2, -0.15) is 0 Å². The number of piperazine rings is 1. The van der Waals surface area contributed by atoms with Gasteiger partial charge in [0.05, 0.1) is 4.47 Å². The number of aliphatic hydroxyl groups is 1. The highest BCUT2D eigenvalue weighted by Crippen LogP contribution is 2.40. The second kappa shape index (κ2) is 7.88. The Morgan fingerprint density at radius 1 is 1.38 bits per heavy atom. The van der Waals surface area contributed by atoms with Gasteiger partial charge in [-0.05, 0) is 22.0 Å². The zero-order valence-electron chi connectivity index (χ0n) is 12.4. The summed E-state index contributed by atoms with van der Waals surface area (Å²) in [5.41, 5.74) is 0.249. The molecule has 1 atom stereocenters. The van der Waals surface area contributed by atoms with E-state index >= 15 is 0 Å². The lowest BCUT2D eigenvalue weighted by Gasteiger charge is -2.43. The van der Waals surface area contributed by atoms with Gasteiger partial charge in [0.2, 0.25) is 0 Å². The van der Waals surface area contributed by atoms with E-state index in [1.807, 2.05) is 26.0 Å². The lowest BCUT2D eigenvalue weighted by molar-refractivity contribution is 0.0286. The summed E-state index contributed by atoms with van der Waals surface area (Å²) in [6.07, 6.45) is 0. The van der Waals surface area contributed by atoms with E-state index < -0.39 is 5.41 Å². The third-order valence-electron chi connectivity index (χ3n) is 3.94. The van der Waals surface area contributed by atoms with Crippen molar-refractivity contribution in [2.24, 2.45) is 5.41 Å². The Labute approximate surface area is 140 Å². The summed E-state index contributed by atoms with van der Waals surface area (Å²) < 4.78 is 15.0. The molecule has 0 unspecified atom stereocenters. The topological polar surface area (TPSA) is 35.5 Å². The van der Waals surface area contributed by atoms with Gasteiger partial charge in [0, 0.05) is 49.8 Å². The molecule has 1 saturated heterocycles. The van der Waals surface area contributed by atoms with Crippen molar-refractivity contribution in [1.29, 1.82) is 0 Å². The fourth-order valence-corrected chi connectivity index (χ4v) is 3.25. The molecule has 1 aliphatic heterocycles. The molecule has 0 saturated carbocycles. The van der Waals surface area contributed by atoms with Gasteiger partial charge in [-0.3, -0.25) is 4.90 Å². The van der Waals surface area contributed by atoms with Crippen LogP contribution >= 0.6 is 28.3 Å². The molecule has 2 rings (SSSR count). The first-order valence-corrected chi connectivity index (χ1v) is 7.76. The van der Waals surface area contributed by atoms with Gasteiger partial charge in [-0.1, -0.05) is 26.0 Å². The molecule has 0 bridgehead atoms. The predicted octanol–water partition coefficient (Wildman–Crippen LogP) is 2.97. The molecule has 6 heteroatoms. The molecule has 0 amide bonds. The summed E-state index contributed by atoms with van der Waals surface area (Å²) >= 11 is 3.26. The highest BCUT2D eigenvalue weighted by Gasteiger charge is 2.37. The predicted molar refractivity (Wildman–Crippen MR) is 89.4 cm³/mol. The van der Waals surface area contributed by atoms with E-state index in [4.69, 9.17) is 0 Å². The molecular weight excluding hydrogens is 359 g/mol. The first-order chi connectivity index (χ1) is 9.47. The molecular formula is C15H23BrClFN2O. The molecule has 0 aliphatic carbocycles. The third kappa shape index (κ3) is 4.17. The van der Waals surface area contributed by atoms with Crippen molar-refractivity contribution < 1.29 is 9.50 Å². The quantitative estimate of drug-likeness (QED) is 0.842. The Bertz CT molecular complexity index is 467. The standard InChI is InChI=1S/C15H22BrFN2O.ClH/c1-15(2,10-20)14(19-8-6-18-7-9-19)11-4-3-5-12(16)13(11)17;/h3-5,14,18,20H,6-10H2,1-2H3;1H/t14-;/m0./s1. The fraction of sp³-hybridized carbons (Fsp3) is 0.600. The number of aliphatic hydroxyl groups excluding tert-OH is 1. The van der Waals surface area contributed by atoms with Gasteiger partial charge < -0.3 is 10.4 Å². The van der Waals surface area contributed by atoms with Crippen LogP contribution in [0, 0.1) is 11.2 Å². The van der Waals surface area contributed by atoms with E-state index in [0.717, 1.165) is 26.2 Å². The van der Waals surface area contributed by atoms with Crippen molar-refractivity contribution in [3.63, 3.8) is 0 Å². The highest BCUT2D eigenvalue weighted by atomic mass is 79.9. The van der Waals surface area contributed by atoms with Crippen LogP contribution in [0.5, 0.6) is 0 Å². The van der Waals surface area contributed by atoms with Crippen LogP contribution in [0.2, 0.25) is 0 Å². The maximum Gasteiger partial charge on any atom is 0.142 e. The maximum atomic E-state index is 14.5. The maximum absolute atomic E-state index is 14.5. The lowest BCUT2D eigenvalue weighted by atomic mass is 9.79. The average molecular weight is 382 g/mol. The first-order valence-electron chi connectivity index (χ1n) is 6.97. The van der Waals surface area contributed by atoms with E-state index in [1.54, 1.807) is 6.07 Å². The molecule has 0 aromatic heterocycles. The number of hydrogen-bond donors (Lipinski definition) is 2. The van der Waals surface area contributed by atoms with Crippen molar-refractivity contribution in [1.82, 2.24) is 10.2 Å². The van der Waals surface area contributed by atoms with Crippen LogP contribution in [-0.2, 0) is 0 Å². The van der Waals surface area contributed by atoms with Crippen LogP contribution < -0.4 is 5.32 Å². The van der Waals surface area contributed by atoms with E-state index in [2.05, 4.69) is 26.1 Å². The van der Waals surface area contributed by atoms with Crippen LogP contribution in [0.4, 0.5) is 4.39 Å². The number of benzene rings is 1. The van der Waals surface area contributed by atoms with Crippen molar-refractivity contribution in [2.75, 3.05) is 32.8 Å². The Balaban J connectivity index is 0.00000220. The van der Waals surface area contributed by atoms with Gasteiger partial charge in [-0.25, -0.2) is 4.39 Å². The summed E-state index contributed by atoms with van der Waals surface area (Å²) in [5.74, 6) is -0.224. The Morgan fingerprint density at radius 3 is 2.57 bits per heavy atom. The van der Waals surface area contributed by atoms with Crippen LogP contribution in [0.3, 0.4) is 0 Å². The molecule has 0 spiro atoms. The second-order valence-electron chi connectivity index (χ2n) is 5.98. The molecule has 0 radical (unpaired) electrons. The molecule has 1 heterocycles. The van der Waals surface area contributed by atoms with Gasteiger partial charge in [0.15, 0.2) is 0 Å². The minimum Gasteiger partial charge on any atom is -0.396 e. The number of hydrogen-bond acceptors (Lipinski definition) is 3. The molecule has 1 aromatic carbocycles. The first kappa shape index (κ1) is 18.8. The van der Waals surface area contributed by atoms with Crippen LogP contribution in [-0.4, -0.2) is 42.8 Å². The van der Waals surface area contributed by atoms with Crippen molar-refractivity contribution in [3.05, 3.63) is 34.1 Å². The summed E-state index contributed by atoms with van der Waals surface area (Å²) in [6, 6.07) is 5.25. The fourth-order valence-electron chi connectivity index (χ4n) is 2.87. The SMILES string of the molecule is CC(C)(CO)[C@H](c1cccc(Br)c1F)N1CCNCC1.Cl. The van der Waals surface area contributed by atoms with E-state index in [0.29, 0.717) is 10.0 Å². The van der Waals surface area contributed by atoms with E-state index in [1.165, 1.54) is 0 Å². The summed E-state index contributed by atoms with van der Waals surface area (Å²) in [5, 5.41) is 13.0. The van der Waals surface area contributed by atoms with Crippen LogP contribution in [0.25, 0.3) is 0 Å². The zero-order valence-corrected chi connectivity index (χ0v) is 14.8. The molecule has 1 fully saturated rings. The lowest BCUT2D eigenvalue weighted by Crippen LogP contribution is -2.49. The molecule has 21 heavy (non-hydrogen) atoms. The largest absolute Gasteiger partial charge is 0.396 e. The van der Waals surface area contributed by atoms with E-state index in [-0.39, 0.29) is 30.9 Å². The minimum absolute atomic E-state index is 0. The summed E-state index contributed by atoms with van der Waals surface area (Å²) in [6.45, 7) is 7.51. The number of nitrogens with zero attached hydrogens (tertiary/aromatic N) is 1. The van der Waals surface area contributed by atoms with Gasteiger partial charge >= 0.3 is 0 Å². The zero-order chi connectivity index (χ0) is 14.8. The highest BCUT2D eigenvalue weighted by molar-refractivity contribution is 9.10. The minimum atomic E-state index is -0.404. The number of nitrogens with one attached hydrogen (secondary N) is 1. The Hall–Kier alpha value is -0.200. The summed E-state index contributed by atoms with van der Waals surface area (Å²) in [4.78, 5) is 2.26. The number of rotatable bonds is 4. The monoisotopic (exact) mass is 380 g/mol. The van der Waals surface area contributed by atoms with Crippen molar-refractivity contribution in [3.8, 4) is 0 Å². The van der Waals surface area contributed by atoms with Crippen molar-refractivity contribution in [2.45, 2.75) is 19.9 Å². The average Bonchev–Trinajstić information content (AvgIpc) is 2.45. The van der Waals surface area contributed by atoms with Crippen molar-refractivity contribution >= 4 is 28.3 Å². The third-order valence-corrected chi connectivity index (χ3v) is 4.55. The van der Waals surface area contributed by atoms with E-state index in [9.17, 15) is 9.50 Å². The van der Waals surface area contributed by atoms with Crippen LogP contribution in [0.15, 0.2) is 22.7 Å². The number of halogens is 3. The molecule has 1 aliphatic rings. The second-order valence-corrected chi connectivity index (χ2v) is 6.83. The van der Waals surface area contributed by atoms with Crippen LogP contribution in [0.1, 0.15) is 25.5 Å². The molecule has 2 N–H and O–H groups in total. The Morgan fingerprint density at radius 2 is 2.00 bits per heavy atom. The Kier molecular flexibility index (Phi) is 7.07. The normalized spacial score (nSPS) is 18.1.